The third-order valence-electron chi connectivity index (χ3n) is 9.99. The number of ketones is 2. The van der Waals surface area contributed by atoms with E-state index in [1.165, 1.54) is 0 Å². The van der Waals surface area contributed by atoms with Crippen molar-refractivity contribution in [1.29, 1.82) is 0 Å². The Morgan fingerprint density at radius 2 is 1.65 bits per heavy atom. The molecule has 0 aromatic carbocycles. The molecule has 2 saturated heterocycles. The molecule has 0 amide bonds. The lowest BCUT2D eigenvalue weighted by molar-refractivity contribution is -0.446. The highest BCUT2D eigenvalue weighted by molar-refractivity contribution is 6.45. The van der Waals surface area contributed by atoms with Crippen LogP contribution in [-0.2, 0) is 14.3 Å². The molecule has 2 aliphatic heterocycles. The quantitative estimate of drug-likeness (QED) is 0.644. The van der Waals surface area contributed by atoms with Crippen LogP contribution in [0.2, 0.25) is 0 Å². The summed E-state index contributed by atoms with van der Waals surface area (Å²) < 4.78 is 6.77. The fourth-order valence-corrected chi connectivity index (χ4v) is 8.97. The number of fused-ring (bicyclic) bond motifs is 1. The van der Waals surface area contributed by atoms with E-state index in [2.05, 4.69) is 27.7 Å². The first-order valence-electron chi connectivity index (χ1n) is 9.41. The summed E-state index contributed by atoms with van der Waals surface area (Å²) in [5, 5.41) is 0. The van der Waals surface area contributed by atoms with Crippen LogP contribution in [0.1, 0.15) is 66.2 Å². The van der Waals surface area contributed by atoms with Crippen molar-refractivity contribution in [3.63, 3.8) is 0 Å². The highest BCUT2D eigenvalue weighted by atomic mass is 16.6. The van der Waals surface area contributed by atoms with Crippen LogP contribution in [0.4, 0.5) is 0 Å². The van der Waals surface area contributed by atoms with Gasteiger partial charge in [-0.1, -0.05) is 34.1 Å². The summed E-state index contributed by atoms with van der Waals surface area (Å²) in [7, 11) is 0. The SMILES string of the molecule is CC1(C)CCCC2(C)C34C[C@@H]5C6C[C@]3(C[C@@]65C)C(=O)C(=O)[C@]12O4. The topological polar surface area (TPSA) is 43.4 Å². The van der Waals surface area contributed by atoms with E-state index in [0.29, 0.717) is 11.3 Å². The first kappa shape index (κ1) is 13.6. The molecule has 0 aromatic rings. The van der Waals surface area contributed by atoms with Crippen molar-refractivity contribution in [2.24, 2.45) is 33.5 Å². The zero-order chi connectivity index (χ0) is 16.3. The van der Waals surface area contributed by atoms with Crippen LogP contribution >= 0.6 is 0 Å². The van der Waals surface area contributed by atoms with Crippen molar-refractivity contribution in [3.05, 3.63) is 0 Å². The smallest absolute Gasteiger partial charge is 0.232 e. The van der Waals surface area contributed by atoms with Gasteiger partial charge < -0.3 is 4.74 Å². The number of hydrogen-bond donors (Lipinski definition) is 0. The molecule has 2 heterocycles. The van der Waals surface area contributed by atoms with Crippen LogP contribution in [0.3, 0.4) is 0 Å². The van der Waals surface area contributed by atoms with Gasteiger partial charge in [0.25, 0.3) is 0 Å². The van der Waals surface area contributed by atoms with Crippen molar-refractivity contribution in [2.45, 2.75) is 77.4 Å². The maximum absolute atomic E-state index is 13.4. The molecule has 7 atom stereocenters. The summed E-state index contributed by atoms with van der Waals surface area (Å²) in [4.78, 5) is 26.8. The van der Waals surface area contributed by atoms with E-state index in [1.807, 2.05) is 0 Å². The molecule has 3 spiro atoms. The molecule has 0 aromatic heterocycles. The van der Waals surface area contributed by atoms with Gasteiger partial charge in [0.15, 0.2) is 0 Å². The molecule has 8 aliphatic rings. The minimum Gasteiger partial charge on any atom is -0.357 e. The number of carbonyl (C=O) groups is 2. The van der Waals surface area contributed by atoms with E-state index < -0.39 is 11.0 Å². The third kappa shape index (κ3) is 0.874. The van der Waals surface area contributed by atoms with Gasteiger partial charge in [0, 0.05) is 10.8 Å². The van der Waals surface area contributed by atoms with E-state index in [1.54, 1.807) is 0 Å². The lowest BCUT2D eigenvalue weighted by Crippen LogP contribution is -2.94. The second-order valence-corrected chi connectivity index (χ2v) is 10.7. The highest BCUT2D eigenvalue weighted by Crippen LogP contribution is 2.91. The van der Waals surface area contributed by atoms with Gasteiger partial charge in [0.1, 0.15) is 5.60 Å². The molecule has 6 saturated carbocycles. The van der Waals surface area contributed by atoms with Gasteiger partial charge in [-0.05, 0) is 49.4 Å². The fourth-order valence-electron chi connectivity index (χ4n) is 8.97. The first-order chi connectivity index (χ1) is 10.6. The van der Waals surface area contributed by atoms with Gasteiger partial charge in [0.05, 0.1) is 11.0 Å². The largest absolute Gasteiger partial charge is 0.357 e. The maximum atomic E-state index is 13.4. The Morgan fingerprint density at radius 3 is 2.30 bits per heavy atom. The molecule has 23 heavy (non-hydrogen) atoms. The predicted octanol–water partition coefficient (Wildman–Crippen LogP) is 3.30. The molecule has 6 aliphatic carbocycles. The van der Waals surface area contributed by atoms with Gasteiger partial charge >= 0.3 is 0 Å². The molecule has 6 bridgehead atoms. The monoisotopic (exact) mass is 314 g/mol. The van der Waals surface area contributed by atoms with Crippen LogP contribution in [0.5, 0.6) is 0 Å². The van der Waals surface area contributed by atoms with Gasteiger partial charge in [-0.25, -0.2) is 0 Å². The summed E-state index contributed by atoms with van der Waals surface area (Å²) in [6.45, 7) is 8.93. The molecule has 8 rings (SSSR count). The van der Waals surface area contributed by atoms with Gasteiger partial charge in [-0.15, -0.1) is 0 Å². The van der Waals surface area contributed by atoms with Crippen molar-refractivity contribution >= 4 is 11.6 Å². The zero-order valence-electron chi connectivity index (χ0n) is 14.6. The second-order valence-electron chi connectivity index (χ2n) is 10.7. The molecular weight excluding hydrogens is 288 g/mol. The first-order valence-corrected chi connectivity index (χ1v) is 9.41. The average molecular weight is 314 g/mol. The summed E-state index contributed by atoms with van der Waals surface area (Å²) in [5.74, 6) is 1.17. The molecule has 3 unspecified atom stereocenters. The number of Topliss-reactive ketones (excluding diaryl/α,β-unsaturated/α-hetero) is 2. The lowest BCUT2D eigenvalue weighted by Gasteiger charge is -2.82. The standard InChI is InChI=1S/C20H26O3/c1-15(2)6-5-7-17(4)19-9-12-11-8-18(19,10-16(11,12)3)13(21)14(22)20(15,17)23-19/h11-12H,5-10H2,1-4H3/t11?,12-,16+,17?,18+,19?,20+/m1/s1. The highest BCUT2D eigenvalue weighted by Gasteiger charge is 2.96. The van der Waals surface area contributed by atoms with Crippen LogP contribution in [0, 0.1) is 33.5 Å². The average Bonchev–Trinajstić information content (AvgIpc) is 2.89. The van der Waals surface area contributed by atoms with Crippen LogP contribution in [0.15, 0.2) is 0 Å². The Labute approximate surface area is 137 Å². The van der Waals surface area contributed by atoms with Crippen LogP contribution < -0.4 is 0 Å². The van der Waals surface area contributed by atoms with Crippen LogP contribution in [-0.4, -0.2) is 22.8 Å². The Hall–Kier alpha value is -0.700. The van der Waals surface area contributed by atoms with E-state index in [-0.39, 0.29) is 28.0 Å². The minimum atomic E-state index is -0.839. The summed E-state index contributed by atoms with van der Waals surface area (Å²) >= 11 is 0. The Bertz CT molecular complexity index is 724. The van der Waals surface area contributed by atoms with Crippen molar-refractivity contribution in [2.75, 3.05) is 0 Å². The molecule has 8 fully saturated rings. The van der Waals surface area contributed by atoms with E-state index in [9.17, 15) is 9.59 Å². The van der Waals surface area contributed by atoms with Crippen molar-refractivity contribution in [1.82, 2.24) is 0 Å². The van der Waals surface area contributed by atoms with Gasteiger partial charge in [0.2, 0.25) is 11.6 Å². The molecular formula is C20H26O3. The fraction of sp³-hybridized carbons (Fsp3) is 0.900. The van der Waals surface area contributed by atoms with E-state index in [0.717, 1.165) is 44.4 Å². The Morgan fingerprint density at radius 1 is 0.957 bits per heavy atom. The number of ether oxygens (including phenoxy) is 1. The van der Waals surface area contributed by atoms with Crippen molar-refractivity contribution < 1.29 is 14.3 Å². The molecule has 0 radical (unpaired) electrons. The van der Waals surface area contributed by atoms with Crippen LogP contribution in [0.25, 0.3) is 0 Å². The predicted molar refractivity (Wildman–Crippen MR) is 83.7 cm³/mol. The molecule has 3 heteroatoms. The summed E-state index contributed by atoms with van der Waals surface area (Å²) in [6.07, 6.45) is 6.04. The maximum Gasteiger partial charge on any atom is 0.232 e. The Balaban J connectivity index is 1.62. The Kier molecular flexibility index (Phi) is 1.76. The summed E-state index contributed by atoms with van der Waals surface area (Å²) in [6, 6.07) is 0. The number of carbonyl (C=O) groups excluding carboxylic acids is 2. The van der Waals surface area contributed by atoms with Gasteiger partial charge in [-0.3, -0.25) is 9.59 Å². The molecule has 0 N–H and O–H groups in total. The second kappa shape index (κ2) is 2.98. The van der Waals surface area contributed by atoms with E-state index in [4.69, 9.17) is 4.74 Å². The minimum absolute atomic E-state index is 0.0527. The molecule has 3 nitrogen and oxygen atoms in total. The molecule has 124 valence electrons. The zero-order valence-corrected chi connectivity index (χ0v) is 14.6. The van der Waals surface area contributed by atoms with Gasteiger partial charge in [-0.2, -0.15) is 0 Å². The normalized spacial score (nSPS) is 66.4. The lowest BCUT2D eigenvalue weighted by atomic mass is 9.31. The van der Waals surface area contributed by atoms with Crippen molar-refractivity contribution in [3.8, 4) is 0 Å². The summed E-state index contributed by atoms with van der Waals surface area (Å²) in [5.41, 5.74) is -1.70. The van der Waals surface area contributed by atoms with E-state index >= 15 is 0 Å². The number of hydrogen-bond acceptors (Lipinski definition) is 3. The third-order valence-corrected chi connectivity index (χ3v) is 9.99. The number of rotatable bonds is 0.